The van der Waals surface area contributed by atoms with Gasteiger partial charge in [0.05, 0.1) is 0 Å². The first-order valence-corrected chi connectivity index (χ1v) is 7.51. The highest BCUT2D eigenvalue weighted by Gasteiger charge is 2.20. The molecular weight excluding hydrogens is 260 g/mol. The Hall–Kier alpha value is -2.10. The molecule has 0 atom stereocenters. The summed E-state index contributed by atoms with van der Waals surface area (Å²) in [5, 5.41) is 0. The summed E-state index contributed by atoms with van der Waals surface area (Å²) in [6.07, 6.45) is 0.974. The van der Waals surface area contributed by atoms with E-state index in [0.29, 0.717) is 5.92 Å². The summed E-state index contributed by atoms with van der Waals surface area (Å²) in [7, 11) is 0. The van der Waals surface area contributed by atoms with Gasteiger partial charge in [0.25, 0.3) is 0 Å². The van der Waals surface area contributed by atoms with E-state index >= 15 is 0 Å². The Morgan fingerprint density at radius 1 is 1.24 bits per heavy atom. The van der Waals surface area contributed by atoms with Crippen molar-refractivity contribution >= 4 is 11.5 Å². The van der Waals surface area contributed by atoms with Crippen LogP contribution >= 0.6 is 0 Å². The molecule has 0 fully saturated rings. The van der Waals surface area contributed by atoms with Gasteiger partial charge in [-0.2, -0.15) is 0 Å². The maximum absolute atomic E-state index is 6.07. The van der Waals surface area contributed by atoms with E-state index in [4.69, 9.17) is 10.7 Å². The van der Waals surface area contributed by atoms with Gasteiger partial charge in [0.2, 0.25) is 0 Å². The molecule has 2 heterocycles. The zero-order valence-electron chi connectivity index (χ0n) is 12.9. The molecule has 2 aromatic rings. The van der Waals surface area contributed by atoms with Crippen LogP contribution in [0.1, 0.15) is 42.4 Å². The van der Waals surface area contributed by atoms with E-state index in [1.54, 1.807) is 0 Å². The number of benzene rings is 1. The summed E-state index contributed by atoms with van der Waals surface area (Å²) in [6, 6.07) is 8.25. The number of aryl methyl sites for hydroxylation is 1. The molecule has 0 amide bonds. The average molecular weight is 282 g/mol. The standard InChI is InChI=1S/C17H22N4/c1-11(2)17-19-12(3)9-16(20-17)21-8-7-14-13(10-21)5-4-6-15(14)18/h4-6,9,11H,7-8,10,18H2,1-3H3. The number of rotatable bonds is 2. The molecule has 0 saturated carbocycles. The van der Waals surface area contributed by atoms with E-state index in [1.807, 2.05) is 19.1 Å². The molecular formula is C17H22N4. The second-order valence-corrected chi connectivity index (χ2v) is 6.04. The van der Waals surface area contributed by atoms with E-state index < -0.39 is 0 Å². The zero-order chi connectivity index (χ0) is 15.0. The first kappa shape index (κ1) is 13.9. The minimum Gasteiger partial charge on any atom is -0.398 e. The van der Waals surface area contributed by atoms with Crippen LogP contribution in [0.4, 0.5) is 11.5 Å². The second kappa shape index (κ2) is 5.35. The predicted molar refractivity (Wildman–Crippen MR) is 86.5 cm³/mol. The lowest BCUT2D eigenvalue weighted by Gasteiger charge is -2.31. The zero-order valence-corrected chi connectivity index (χ0v) is 12.9. The Morgan fingerprint density at radius 2 is 2.05 bits per heavy atom. The van der Waals surface area contributed by atoms with Crippen molar-refractivity contribution in [2.45, 2.75) is 39.7 Å². The van der Waals surface area contributed by atoms with E-state index in [-0.39, 0.29) is 0 Å². The molecule has 21 heavy (non-hydrogen) atoms. The third-order valence-electron chi connectivity index (χ3n) is 4.00. The topological polar surface area (TPSA) is 55.0 Å². The first-order valence-electron chi connectivity index (χ1n) is 7.51. The molecule has 3 rings (SSSR count). The van der Waals surface area contributed by atoms with Gasteiger partial charge >= 0.3 is 0 Å². The molecule has 0 bridgehead atoms. The number of nitrogen functional groups attached to an aromatic ring is 1. The molecule has 0 spiro atoms. The van der Waals surface area contributed by atoms with E-state index in [9.17, 15) is 0 Å². The van der Waals surface area contributed by atoms with Gasteiger partial charge in [-0.25, -0.2) is 9.97 Å². The Balaban J connectivity index is 1.93. The smallest absolute Gasteiger partial charge is 0.133 e. The Bertz CT molecular complexity index is 664. The van der Waals surface area contributed by atoms with E-state index in [0.717, 1.165) is 42.5 Å². The van der Waals surface area contributed by atoms with Crippen molar-refractivity contribution in [2.75, 3.05) is 17.2 Å². The van der Waals surface area contributed by atoms with Gasteiger partial charge in [-0.1, -0.05) is 26.0 Å². The third kappa shape index (κ3) is 2.71. The molecule has 0 unspecified atom stereocenters. The number of hydrogen-bond donors (Lipinski definition) is 1. The van der Waals surface area contributed by atoms with Crippen LogP contribution in [0.3, 0.4) is 0 Å². The minimum atomic E-state index is 0.344. The second-order valence-electron chi connectivity index (χ2n) is 6.04. The summed E-state index contributed by atoms with van der Waals surface area (Å²) in [6.45, 7) is 8.12. The molecule has 0 saturated heterocycles. The summed E-state index contributed by atoms with van der Waals surface area (Å²) in [5.74, 6) is 2.29. The minimum absolute atomic E-state index is 0.344. The molecule has 1 aromatic heterocycles. The highest BCUT2D eigenvalue weighted by atomic mass is 15.2. The van der Waals surface area contributed by atoms with Gasteiger partial charge in [0.1, 0.15) is 11.6 Å². The summed E-state index contributed by atoms with van der Waals surface area (Å²) < 4.78 is 0. The highest BCUT2D eigenvalue weighted by molar-refractivity contribution is 5.55. The molecule has 1 aromatic carbocycles. The largest absolute Gasteiger partial charge is 0.398 e. The Labute approximate surface area is 126 Å². The fraction of sp³-hybridized carbons (Fsp3) is 0.412. The summed E-state index contributed by atoms with van der Waals surface area (Å²) >= 11 is 0. The quantitative estimate of drug-likeness (QED) is 0.860. The van der Waals surface area contributed by atoms with Gasteiger partial charge < -0.3 is 10.6 Å². The van der Waals surface area contributed by atoms with Crippen molar-refractivity contribution in [1.82, 2.24) is 9.97 Å². The lowest BCUT2D eigenvalue weighted by atomic mass is 9.98. The third-order valence-corrected chi connectivity index (χ3v) is 4.00. The molecule has 1 aliphatic heterocycles. The molecule has 1 aliphatic rings. The molecule has 0 aliphatic carbocycles. The van der Waals surface area contributed by atoms with Crippen LogP contribution in [-0.2, 0) is 13.0 Å². The average Bonchev–Trinajstić information content (AvgIpc) is 2.46. The van der Waals surface area contributed by atoms with Crippen molar-refractivity contribution in [3.05, 3.63) is 46.9 Å². The number of nitrogens with zero attached hydrogens (tertiary/aromatic N) is 3. The number of anilines is 2. The van der Waals surface area contributed by atoms with Crippen LogP contribution in [0.25, 0.3) is 0 Å². The van der Waals surface area contributed by atoms with Crippen molar-refractivity contribution < 1.29 is 0 Å². The Morgan fingerprint density at radius 3 is 2.81 bits per heavy atom. The first-order chi connectivity index (χ1) is 10.0. The van der Waals surface area contributed by atoms with E-state index in [1.165, 1.54) is 11.1 Å². The molecule has 4 heteroatoms. The number of aromatic nitrogens is 2. The number of hydrogen-bond acceptors (Lipinski definition) is 4. The van der Waals surface area contributed by atoms with Crippen LogP contribution in [-0.4, -0.2) is 16.5 Å². The fourth-order valence-corrected chi connectivity index (χ4v) is 2.83. The van der Waals surface area contributed by atoms with Crippen molar-refractivity contribution in [2.24, 2.45) is 0 Å². The van der Waals surface area contributed by atoms with Crippen LogP contribution < -0.4 is 10.6 Å². The van der Waals surface area contributed by atoms with Crippen molar-refractivity contribution in [3.63, 3.8) is 0 Å². The van der Waals surface area contributed by atoms with Crippen molar-refractivity contribution in [3.8, 4) is 0 Å². The summed E-state index contributed by atoms with van der Waals surface area (Å²) in [5.41, 5.74) is 10.6. The van der Waals surface area contributed by atoms with Crippen LogP contribution in [0, 0.1) is 6.92 Å². The van der Waals surface area contributed by atoms with Crippen LogP contribution in [0.15, 0.2) is 24.3 Å². The van der Waals surface area contributed by atoms with Gasteiger partial charge in [-0.15, -0.1) is 0 Å². The van der Waals surface area contributed by atoms with E-state index in [2.05, 4.69) is 35.9 Å². The summed E-state index contributed by atoms with van der Waals surface area (Å²) in [4.78, 5) is 11.6. The highest BCUT2D eigenvalue weighted by Crippen LogP contribution is 2.27. The van der Waals surface area contributed by atoms with Gasteiger partial charge in [0.15, 0.2) is 0 Å². The predicted octanol–water partition coefficient (Wildman–Crippen LogP) is 3.05. The Kier molecular flexibility index (Phi) is 3.53. The molecule has 4 nitrogen and oxygen atoms in total. The number of fused-ring (bicyclic) bond motifs is 1. The van der Waals surface area contributed by atoms with Gasteiger partial charge in [-0.3, -0.25) is 0 Å². The number of nitrogens with two attached hydrogens (primary N) is 1. The lowest BCUT2D eigenvalue weighted by Crippen LogP contribution is -2.32. The van der Waals surface area contributed by atoms with Crippen molar-refractivity contribution in [1.29, 1.82) is 0 Å². The SMILES string of the molecule is Cc1cc(N2CCc3c(N)cccc3C2)nc(C(C)C)n1. The van der Waals surface area contributed by atoms with Crippen LogP contribution in [0.5, 0.6) is 0 Å². The molecule has 110 valence electrons. The van der Waals surface area contributed by atoms with Gasteiger partial charge in [-0.05, 0) is 30.5 Å². The molecule has 0 radical (unpaired) electrons. The lowest BCUT2D eigenvalue weighted by molar-refractivity contribution is 0.701. The van der Waals surface area contributed by atoms with Gasteiger partial charge in [0, 0.05) is 36.5 Å². The fourth-order valence-electron chi connectivity index (χ4n) is 2.83. The maximum Gasteiger partial charge on any atom is 0.133 e. The molecule has 2 N–H and O–H groups in total. The normalized spacial score (nSPS) is 14.4. The monoisotopic (exact) mass is 282 g/mol. The van der Waals surface area contributed by atoms with Crippen LogP contribution in [0.2, 0.25) is 0 Å². The maximum atomic E-state index is 6.07.